The normalized spacial score (nSPS) is 13.9. The summed E-state index contributed by atoms with van der Waals surface area (Å²) >= 11 is 0. The molecule has 0 saturated carbocycles. The topological polar surface area (TPSA) is 33.9 Å². The molecule has 2 aromatic rings. The number of aryl methyl sites for hydroxylation is 1. The monoisotopic (exact) mass is 355 g/mol. The van der Waals surface area contributed by atoms with E-state index in [4.69, 9.17) is 4.98 Å². The Balaban J connectivity index is 0.00000132. The van der Waals surface area contributed by atoms with E-state index in [1.54, 1.807) is 0 Å². The van der Waals surface area contributed by atoms with Crippen LogP contribution in [0.5, 0.6) is 0 Å². The molecule has 128 valence electrons. The molecule has 0 aliphatic heterocycles. The summed E-state index contributed by atoms with van der Waals surface area (Å²) in [5.74, 6) is 0. The van der Waals surface area contributed by atoms with Gasteiger partial charge in [0.25, 0.3) is 0 Å². The van der Waals surface area contributed by atoms with Crippen LogP contribution in [0.2, 0.25) is 0 Å². The molecule has 3 rings (SSSR count). The quantitative estimate of drug-likeness (QED) is 0.528. The van der Waals surface area contributed by atoms with Gasteiger partial charge in [0.05, 0.1) is 30.7 Å². The second-order valence-electron chi connectivity index (χ2n) is 6.48. The van der Waals surface area contributed by atoms with E-state index in [1.807, 2.05) is 0 Å². The lowest BCUT2D eigenvalue weighted by atomic mass is 10.0. The van der Waals surface area contributed by atoms with Gasteiger partial charge in [0.1, 0.15) is 18.8 Å². The third kappa shape index (κ3) is 4.80. The van der Waals surface area contributed by atoms with E-state index in [9.17, 15) is 0 Å². The lowest BCUT2D eigenvalue weighted by molar-refractivity contribution is -0.870. The van der Waals surface area contributed by atoms with Crippen molar-refractivity contribution in [3.63, 3.8) is 0 Å². The van der Waals surface area contributed by atoms with Crippen molar-refractivity contribution >= 4 is 16.6 Å². The second kappa shape index (κ2) is 9.43. The van der Waals surface area contributed by atoms with Crippen molar-refractivity contribution in [1.82, 2.24) is 4.98 Å². The van der Waals surface area contributed by atoms with Crippen LogP contribution in [0.4, 0.5) is 5.69 Å². The van der Waals surface area contributed by atoms with Crippen molar-refractivity contribution in [1.29, 1.82) is 0 Å². The predicted octanol–water partition coefficient (Wildman–Crippen LogP) is -5.15. The third-order valence-electron chi connectivity index (χ3n) is 4.46. The second-order valence-corrected chi connectivity index (χ2v) is 6.48. The first-order valence-electron chi connectivity index (χ1n) is 8.28. The van der Waals surface area contributed by atoms with Crippen LogP contribution in [0.25, 0.3) is 10.9 Å². The Morgan fingerprint density at radius 3 is 2.57 bits per heavy atom. The zero-order chi connectivity index (χ0) is 14.7. The maximum atomic E-state index is 4.95. The van der Waals surface area contributed by atoms with Gasteiger partial charge >= 0.3 is 0 Å². The molecule has 1 aromatic carbocycles. The minimum Gasteiger partial charge on any atom is -1.00 e. The van der Waals surface area contributed by atoms with Gasteiger partial charge in [-0.05, 0) is 37.8 Å². The Morgan fingerprint density at radius 1 is 1.04 bits per heavy atom. The number of nitrogens with zero attached hydrogens (tertiary/aromatic N) is 1. The van der Waals surface area contributed by atoms with Crippen LogP contribution in [-0.4, -0.2) is 32.2 Å². The number of nitrogens with one attached hydrogen (secondary N) is 1. The van der Waals surface area contributed by atoms with E-state index in [0.717, 1.165) is 13.0 Å². The van der Waals surface area contributed by atoms with E-state index in [2.05, 4.69) is 43.7 Å². The summed E-state index contributed by atoms with van der Waals surface area (Å²) in [5, 5.41) is 3.80. The molecule has 0 saturated heterocycles. The summed E-state index contributed by atoms with van der Waals surface area (Å²) in [6, 6.07) is 8.64. The molecule has 0 amide bonds. The Morgan fingerprint density at radius 2 is 1.78 bits per heavy atom. The summed E-state index contributed by atoms with van der Waals surface area (Å²) in [4.78, 5) is 6.46. The molecule has 5 heteroatoms. The number of likely N-dealkylation sites (N-methyl/N-ethyl adjacent to an activating group) is 1. The minimum absolute atomic E-state index is 0. The summed E-state index contributed by atoms with van der Waals surface area (Å²) in [5.41, 5.74) is 5.52. The smallest absolute Gasteiger partial charge is 0.144 e. The SMILES string of the molecule is C[NH+](C)CC[NH2+]c1c2c(nc3ccccc13)CCCCC2.[Cl-].[Cl-]. The Hall–Kier alpha value is -0.870. The summed E-state index contributed by atoms with van der Waals surface area (Å²) in [7, 11) is 4.44. The maximum Gasteiger partial charge on any atom is 0.144 e. The van der Waals surface area contributed by atoms with Gasteiger partial charge in [0.15, 0.2) is 0 Å². The molecular weight excluding hydrogens is 329 g/mol. The number of benzene rings is 1. The molecule has 0 unspecified atom stereocenters. The minimum atomic E-state index is 0. The molecule has 0 atom stereocenters. The number of rotatable bonds is 4. The standard InChI is InChI=1S/C18H25N3.2ClH/c1-21(2)13-12-19-18-14-8-4-3-5-10-16(14)20-17-11-7-6-9-15(17)18;;/h6-7,9,11H,3-5,8,10,12-13H2,1-2H3,(H,19,20);2*1H. The van der Waals surface area contributed by atoms with Crippen molar-refractivity contribution in [3.05, 3.63) is 35.5 Å². The number of pyridine rings is 1. The van der Waals surface area contributed by atoms with E-state index in [-0.39, 0.29) is 24.8 Å². The van der Waals surface area contributed by atoms with Crippen LogP contribution < -0.4 is 35.0 Å². The van der Waals surface area contributed by atoms with Crippen LogP contribution in [0.15, 0.2) is 24.3 Å². The maximum absolute atomic E-state index is 4.95. The number of nitrogens with two attached hydrogens (primary N) is 1. The van der Waals surface area contributed by atoms with Gasteiger partial charge in [0, 0.05) is 5.56 Å². The molecule has 0 spiro atoms. The number of fused-ring (bicyclic) bond motifs is 2. The van der Waals surface area contributed by atoms with Crippen LogP contribution >= 0.6 is 0 Å². The predicted molar refractivity (Wildman–Crippen MR) is 87.1 cm³/mol. The average molecular weight is 356 g/mol. The zero-order valence-electron chi connectivity index (χ0n) is 14.0. The van der Waals surface area contributed by atoms with Crippen LogP contribution in [0.3, 0.4) is 0 Å². The molecule has 3 N–H and O–H groups in total. The van der Waals surface area contributed by atoms with Crippen molar-refractivity contribution in [2.24, 2.45) is 0 Å². The Labute approximate surface area is 151 Å². The molecule has 3 nitrogen and oxygen atoms in total. The molecular formula is C18H27Cl2N3. The number of halogens is 2. The average Bonchev–Trinajstić information content (AvgIpc) is 2.71. The molecule has 23 heavy (non-hydrogen) atoms. The van der Waals surface area contributed by atoms with Crippen LogP contribution in [0.1, 0.15) is 30.5 Å². The van der Waals surface area contributed by atoms with Crippen LogP contribution in [0, 0.1) is 0 Å². The lowest BCUT2D eigenvalue weighted by Gasteiger charge is -2.14. The largest absolute Gasteiger partial charge is 1.00 e. The highest BCUT2D eigenvalue weighted by atomic mass is 35.5. The molecule has 1 heterocycles. The number of quaternary nitrogens is 2. The van der Waals surface area contributed by atoms with Crippen molar-refractivity contribution in [2.45, 2.75) is 32.1 Å². The van der Waals surface area contributed by atoms with E-state index < -0.39 is 0 Å². The van der Waals surface area contributed by atoms with E-state index in [0.29, 0.717) is 0 Å². The fraction of sp³-hybridized carbons (Fsp3) is 0.500. The molecule has 0 bridgehead atoms. The van der Waals surface area contributed by atoms with Gasteiger partial charge in [-0.2, -0.15) is 0 Å². The number of hydrogen-bond acceptors (Lipinski definition) is 1. The molecule has 1 aromatic heterocycles. The van der Waals surface area contributed by atoms with Gasteiger partial charge in [-0.15, -0.1) is 0 Å². The van der Waals surface area contributed by atoms with Gasteiger partial charge < -0.3 is 35.0 Å². The van der Waals surface area contributed by atoms with Gasteiger partial charge in [-0.25, -0.2) is 0 Å². The van der Waals surface area contributed by atoms with Crippen molar-refractivity contribution in [2.75, 3.05) is 27.2 Å². The van der Waals surface area contributed by atoms with Gasteiger partial charge in [-0.1, -0.05) is 18.6 Å². The molecule has 0 fully saturated rings. The number of hydrogen-bond donors (Lipinski definition) is 2. The first-order valence-corrected chi connectivity index (χ1v) is 8.28. The van der Waals surface area contributed by atoms with Crippen molar-refractivity contribution < 1.29 is 35.0 Å². The Bertz CT molecular complexity index is 629. The lowest BCUT2D eigenvalue weighted by Crippen LogP contribution is -3.08. The van der Waals surface area contributed by atoms with Gasteiger partial charge in [-0.3, -0.25) is 4.98 Å². The molecule has 1 aliphatic rings. The summed E-state index contributed by atoms with van der Waals surface area (Å²) < 4.78 is 0. The highest BCUT2D eigenvalue weighted by Crippen LogP contribution is 2.29. The fourth-order valence-corrected chi connectivity index (χ4v) is 3.32. The fourth-order valence-electron chi connectivity index (χ4n) is 3.32. The highest BCUT2D eigenvalue weighted by molar-refractivity contribution is 5.89. The number of para-hydroxylation sites is 1. The zero-order valence-corrected chi connectivity index (χ0v) is 15.6. The van der Waals surface area contributed by atoms with E-state index >= 15 is 0 Å². The summed E-state index contributed by atoms with van der Waals surface area (Å²) in [6.07, 6.45) is 6.30. The van der Waals surface area contributed by atoms with Crippen molar-refractivity contribution in [3.8, 4) is 0 Å². The van der Waals surface area contributed by atoms with Crippen LogP contribution in [-0.2, 0) is 12.8 Å². The van der Waals surface area contributed by atoms with E-state index in [1.165, 1.54) is 65.0 Å². The Kier molecular flexibility index (Phi) is 8.27. The molecule has 1 aliphatic carbocycles. The summed E-state index contributed by atoms with van der Waals surface area (Å²) in [6.45, 7) is 2.33. The highest BCUT2D eigenvalue weighted by Gasteiger charge is 2.19. The first-order chi connectivity index (χ1) is 10.3. The van der Waals surface area contributed by atoms with Gasteiger partial charge in [0.2, 0.25) is 0 Å². The molecule has 0 radical (unpaired) electrons. The first kappa shape index (κ1) is 20.2. The third-order valence-corrected chi connectivity index (χ3v) is 4.46. The number of aromatic nitrogens is 1.